The minimum Gasteiger partial charge on any atom is -0.339 e. The number of hydrogen-bond acceptors (Lipinski definition) is 3. The van der Waals surface area contributed by atoms with Gasteiger partial charge in [-0.05, 0) is 43.2 Å². The Hall–Kier alpha value is -1.13. The first-order valence-electron chi connectivity index (χ1n) is 6.97. The average Bonchev–Trinajstić information content (AvgIpc) is 3.05. The van der Waals surface area contributed by atoms with Crippen LogP contribution in [0.15, 0.2) is 23.6 Å². The highest BCUT2D eigenvalue weighted by molar-refractivity contribution is 7.10. The molecule has 2 atom stereocenters. The molecule has 3 heterocycles. The summed E-state index contributed by atoms with van der Waals surface area (Å²) in [5, 5.41) is 5.64. The van der Waals surface area contributed by atoms with E-state index in [-0.39, 0.29) is 5.91 Å². The Morgan fingerprint density at radius 3 is 2.79 bits per heavy atom. The third kappa shape index (κ3) is 2.90. The quantitative estimate of drug-likeness (QED) is 0.860. The van der Waals surface area contributed by atoms with E-state index in [1.54, 1.807) is 17.4 Å². The molecule has 1 amide bonds. The molecule has 2 aliphatic heterocycles. The van der Waals surface area contributed by atoms with E-state index in [0.29, 0.717) is 18.1 Å². The van der Waals surface area contributed by atoms with Crippen LogP contribution in [0, 0.1) is 0 Å². The van der Waals surface area contributed by atoms with E-state index in [4.69, 9.17) is 0 Å². The number of nitrogens with zero attached hydrogens (tertiary/aromatic N) is 1. The van der Waals surface area contributed by atoms with Crippen LogP contribution < -0.4 is 5.32 Å². The number of carbonyl (C=O) groups excluding carboxylic acids is 1. The van der Waals surface area contributed by atoms with E-state index in [0.717, 1.165) is 17.7 Å². The lowest BCUT2D eigenvalue weighted by Gasteiger charge is -2.35. The molecule has 1 aromatic heterocycles. The van der Waals surface area contributed by atoms with Crippen molar-refractivity contribution in [3.05, 3.63) is 28.5 Å². The maximum absolute atomic E-state index is 12.2. The van der Waals surface area contributed by atoms with Crippen molar-refractivity contribution in [1.82, 2.24) is 10.2 Å². The van der Waals surface area contributed by atoms with Crippen molar-refractivity contribution in [2.75, 3.05) is 7.05 Å². The zero-order valence-corrected chi connectivity index (χ0v) is 12.0. The molecule has 102 valence electrons. The van der Waals surface area contributed by atoms with Gasteiger partial charge in [-0.15, -0.1) is 11.3 Å². The number of piperidine rings is 1. The highest BCUT2D eigenvalue weighted by Crippen LogP contribution is 2.29. The van der Waals surface area contributed by atoms with Gasteiger partial charge in [0, 0.05) is 36.1 Å². The van der Waals surface area contributed by atoms with Crippen LogP contribution in [-0.4, -0.2) is 36.0 Å². The molecule has 19 heavy (non-hydrogen) atoms. The molecule has 2 unspecified atom stereocenters. The second kappa shape index (κ2) is 5.47. The molecule has 1 aromatic rings. The SMILES string of the molecule is CN(C(=O)C=Cc1cccs1)C1CC2CCC(C1)N2. The Morgan fingerprint density at radius 2 is 2.16 bits per heavy atom. The highest BCUT2D eigenvalue weighted by Gasteiger charge is 2.35. The van der Waals surface area contributed by atoms with Crippen LogP contribution in [0.4, 0.5) is 0 Å². The van der Waals surface area contributed by atoms with Crippen molar-refractivity contribution < 1.29 is 4.79 Å². The number of rotatable bonds is 3. The molecule has 3 rings (SSSR count). The van der Waals surface area contributed by atoms with Crippen molar-refractivity contribution in [2.45, 2.75) is 43.8 Å². The van der Waals surface area contributed by atoms with E-state index >= 15 is 0 Å². The van der Waals surface area contributed by atoms with Gasteiger partial charge in [-0.3, -0.25) is 4.79 Å². The summed E-state index contributed by atoms with van der Waals surface area (Å²) in [6, 6.07) is 5.68. The standard InChI is InChI=1S/C15H20N2OS/c1-17(13-9-11-4-5-12(10-13)16-11)15(18)7-6-14-3-2-8-19-14/h2-3,6-8,11-13,16H,4-5,9-10H2,1H3. The van der Waals surface area contributed by atoms with Crippen LogP contribution in [0.1, 0.15) is 30.6 Å². The van der Waals surface area contributed by atoms with E-state index in [9.17, 15) is 4.79 Å². The number of nitrogens with one attached hydrogen (secondary N) is 1. The molecule has 2 aliphatic rings. The van der Waals surface area contributed by atoms with Gasteiger partial charge in [0.05, 0.1) is 0 Å². The number of fused-ring (bicyclic) bond motifs is 2. The molecule has 0 aliphatic carbocycles. The second-order valence-corrected chi connectivity index (χ2v) is 6.54. The van der Waals surface area contributed by atoms with Gasteiger partial charge < -0.3 is 10.2 Å². The fraction of sp³-hybridized carbons (Fsp3) is 0.533. The topological polar surface area (TPSA) is 32.3 Å². The maximum Gasteiger partial charge on any atom is 0.246 e. The third-order valence-corrected chi connectivity index (χ3v) is 5.11. The maximum atomic E-state index is 12.2. The molecule has 1 N–H and O–H groups in total. The Morgan fingerprint density at radius 1 is 1.42 bits per heavy atom. The average molecular weight is 276 g/mol. The summed E-state index contributed by atoms with van der Waals surface area (Å²) in [6.45, 7) is 0. The normalized spacial score (nSPS) is 29.8. The summed E-state index contributed by atoms with van der Waals surface area (Å²) >= 11 is 1.66. The molecule has 0 spiro atoms. The molecule has 2 bridgehead atoms. The fourth-order valence-electron chi connectivity index (χ4n) is 3.18. The van der Waals surface area contributed by atoms with E-state index in [2.05, 4.69) is 5.32 Å². The summed E-state index contributed by atoms with van der Waals surface area (Å²) in [5.41, 5.74) is 0. The van der Waals surface area contributed by atoms with Crippen LogP contribution in [0.25, 0.3) is 6.08 Å². The summed E-state index contributed by atoms with van der Waals surface area (Å²) < 4.78 is 0. The van der Waals surface area contributed by atoms with Gasteiger partial charge in [-0.25, -0.2) is 0 Å². The first-order valence-corrected chi connectivity index (χ1v) is 7.85. The van der Waals surface area contributed by atoms with Gasteiger partial charge in [0.15, 0.2) is 0 Å². The van der Waals surface area contributed by atoms with Gasteiger partial charge in [-0.1, -0.05) is 6.07 Å². The third-order valence-electron chi connectivity index (χ3n) is 4.28. The lowest BCUT2D eigenvalue weighted by molar-refractivity contribution is -0.127. The number of likely N-dealkylation sites (N-methyl/N-ethyl adjacent to an activating group) is 1. The van der Waals surface area contributed by atoms with Gasteiger partial charge in [0.2, 0.25) is 5.91 Å². The lowest BCUT2D eigenvalue weighted by atomic mass is 9.98. The molecule has 0 saturated carbocycles. The molecular formula is C15H20N2OS. The van der Waals surface area contributed by atoms with Crippen molar-refractivity contribution in [1.29, 1.82) is 0 Å². The van der Waals surface area contributed by atoms with E-state index in [1.807, 2.05) is 35.5 Å². The smallest absolute Gasteiger partial charge is 0.246 e. The Labute approximate surface area is 118 Å². The van der Waals surface area contributed by atoms with Crippen molar-refractivity contribution in [2.24, 2.45) is 0 Å². The predicted molar refractivity (Wildman–Crippen MR) is 79.1 cm³/mol. The zero-order valence-electron chi connectivity index (χ0n) is 11.2. The van der Waals surface area contributed by atoms with E-state index < -0.39 is 0 Å². The van der Waals surface area contributed by atoms with Crippen LogP contribution in [-0.2, 0) is 4.79 Å². The van der Waals surface area contributed by atoms with E-state index in [1.165, 1.54) is 12.8 Å². The summed E-state index contributed by atoms with van der Waals surface area (Å²) in [6.07, 6.45) is 8.37. The molecule has 2 saturated heterocycles. The highest BCUT2D eigenvalue weighted by atomic mass is 32.1. The molecule has 0 aromatic carbocycles. The van der Waals surface area contributed by atoms with Gasteiger partial charge >= 0.3 is 0 Å². The van der Waals surface area contributed by atoms with Crippen molar-refractivity contribution in [3.63, 3.8) is 0 Å². The molecule has 0 radical (unpaired) electrons. The number of amides is 1. The summed E-state index contributed by atoms with van der Waals surface area (Å²) in [7, 11) is 1.94. The van der Waals surface area contributed by atoms with Crippen LogP contribution in [0.3, 0.4) is 0 Å². The predicted octanol–water partition coefficient (Wildman–Crippen LogP) is 2.50. The van der Waals surface area contributed by atoms with Gasteiger partial charge in [-0.2, -0.15) is 0 Å². The minimum absolute atomic E-state index is 0.125. The number of thiophene rings is 1. The molecule has 4 heteroatoms. The first-order chi connectivity index (χ1) is 9.22. The van der Waals surface area contributed by atoms with Gasteiger partial charge in [0.1, 0.15) is 0 Å². The molecular weight excluding hydrogens is 256 g/mol. The largest absolute Gasteiger partial charge is 0.339 e. The fourth-order valence-corrected chi connectivity index (χ4v) is 3.80. The summed E-state index contributed by atoms with van der Waals surface area (Å²) in [5.74, 6) is 0.125. The zero-order chi connectivity index (χ0) is 13.2. The second-order valence-electron chi connectivity index (χ2n) is 5.56. The summed E-state index contributed by atoms with van der Waals surface area (Å²) in [4.78, 5) is 15.3. The minimum atomic E-state index is 0.125. The number of hydrogen-bond donors (Lipinski definition) is 1. The Balaban J connectivity index is 1.60. The molecule has 3 nitrogen and oxygen atoms in total. The Kier molecular flexibility index (Phi) is 3.71. The van der Waals surface area contributed by atoms with Crippen molar-refractivity contribution >= 4 is 23.3 Å². The van der Waals surface area contributed by atoms with Crippen LogP contribution in [0.2, 0.25) is 0 Å². The monoisotopic (exact) mass is 276 g/mol. The first kappa shape index (κ1) is 12.9. The van der Waals surface area contributed by atoms with Gasteiger partial charge in [0.25, 0.3) is 0 Å². The van der Waals surface area contributed by atoms with Crippen LogP contribution in [0.5, 0.6) is 0 Å². The van der Waals surface area contributed by atoms with Crippen molar-refractivity contribution in [3.8, 4) is 0 Å². The Bertz CT molecular complexity index is 456. The number of carbonyl (C=O) groups is 1. The molecule has 2 fully saturated rings. The van der Waals surface area contributed by atoms with Crippen LogP contribution >= 0.6 is 11.3 Å². The lowest BCUT2D eigenvalue weighted by Crippen LogP contribution is -2.48.